The van der Waals surface area contributed by atoms with Crippen molar-refractivity contribution >= 4 is 16.7 Å². The van der Waals surface area contributed by atoms with Crippen molar-refractivity contribution in [2.24, 2.45) is 0 Å². The number of ketones is 1. The summed E-state index contributed by atoms with van der Waals surface area (Å²) in [5.41, 5.74) is 1.79. The van der Waals surface area contributed by atoms with E-state index in [1.807, 2.05) is 6.07 Å². The molecule has 0 atom stereocenters. The van der Waals surface area contributed by atoms with Crippen LogP contribution in [0.4, 0.5) is 4.39 Å². The highest BCUT2D eigenvalue weighted by Crippen LogP contribution is 2.26. The number of aromatic nitrogens is 1. The molecule has 2 aromatic carbocycles. The SMILES string of the molecule is COc1ccc2[nH]cc(C(=O)c3cccc(C)c3F)c2c1. The van der Waals surface area contributed by atoms with E-state index in [1.54, 1.807) is 44.5 Å². The lowest BCUT2D eigenvalue weighted by Crippen LogP contribution is -2.04. The van der Waals surface area contributed by atoms with Crippen molar-refractivity contribution in [3.8, 4) is 5.75 Å². The highest BCUT2D eigenvalue weighted by atomic mass is 19.1. The van der Waals surface area contributed by atoms with Gasteiger partial charge < -0.3 is 9.72 Å². The molecule has 3 nitrogen and oxygen atoms in total. The van der Waals surface area contributed by atoms with Crippen LogP contribution in [0.5, 0.6) is 5.75 Å². The van der Waals surface area contributed by atoms with Crippen molar-refractivity contribution < 1.29 is 13.9 Å². The average molecular weight is 283 g/mol. The lowest BCUT2D eigenvalue weighted by Gasteiger charge is -2.05. The molecular weight excluding hydrogens is 269 g/mol. The Morgan fingerprint density at radius 3 is 2.76 bits per heavy atom. The Morgan fingerprint density at radius 2 is 2.00 bits per heavy atom. The van der Waals surface area contributed by atoms with Crippen molar-refractivity contribution in [1.82, 2.24) is 4.98 Å². The van der Waals surface area contributed by atoms with Gasteiger partial charge in [-0.05, 0) is 36.8 Å². The van der Waals surface area contributed by atoms with Gasteiger partial charge in [-0.3, -0.25) is 4.79 Å². The highest BCUT2D eigenvalue weighted by molar-refractivity contribution is 6.16. The number of methoxy groups -OCH3 is 1. The number of hydrogen-bond acceptors (Lipinski definition) is 2. The number of halogens is 1. The quantitative estimate of drug-likeness (QED) is 0.742. The Kier molecular flexibility index (Phi) is 3.22. The summed E-state index contributed by atoms with van der Waals surface area (Å²) in [6.45, 7) is 1.64. The second-order valence-corrected chi connectivity index (χ2v) is 4.88. The van der Waals surface area contributed by atoms with Crippen LogP contribution in [0.2, 0.25) is 0 Å². The van der Waals surface area contributed by atoms with Gasteiger partial charge in [0.1, 0.15) is 11.6 Å². The Balaban J connectivity index is 2.15. The van der Waals surface area contributed by atoms with E-state index in [-0.39, 0.29) is 11.3 Å². The Bertz CT molecular complexity index is 836. The van der Waals surface area contributed by atoms with Crippen LogP contribution in [0, 0.1) is 12.7 Å². The van der Waals surface area contributed by atoms with Crippen molar-refractivity contribution in [1.29, 1.82) is 0 Å². The van der Waals surface area contributed by atoms with Gasteiger partial charge in [-0.1, -0.05) is 12.1 Å². The van der Waals surface area contributed by atoms with Crippen molar-refractivity contribution in [3.05, 3.63) is 65.1 Å². The number of aryl methyl sites for hydroxylation is 1. The first-order valence-corrected chi connectivity index (χ1v) is 6.56. The molecule has 106 valence electrons. The van der Waals surface area contributed by atoms with Crippen molar-refractivity contribution in [2.75, 3.05) is 7.11 Å². The summed E-state index contributed by atoms with van der Waals surface area (Å²) in [6.07, 6.45) is 1.61. The molecule has 0 fully saturated rings. The number of aromatic amines is 1. The summed E-state index contributed by atoms with van der Waals surface area (Å²) in [5.74, 6) is -0.156. The fourth-order valence-electron chi connectivity index (χ4n) is 2.38. The van der Waals surface area contributed by atoms with Gasteiger partial charge in [0.05, 0.1) is 12.7 Å². The van der Waals surface area contributed by atoms with E-state index in [9.17, 15) is 9.18 Å². The zero-order chi connectivity index (χ0) is 15.0. The first kappa shape index (κ1) is 13.4. The lowest BCUT2D eigenvalue weighted by atomic mass is 10.0. The smallest absolute Gasteiger partial charge is 0.198 e. The molecule has 3 rings (SSSR count). The van der Waals surface area contributed by atoms with Gasteiger partial charge in [-0.25, -0.2) is 4.39 Å². The minimum atomic E-state index is -0.472. The van der Waals surface area contributed by atoms with E-state index in [0.29, 0.717) is 16.9 Å². The summed E-state index contributed by atoms with van der Waals surface area (Å²) in [7, 11) is 1.57. The number of benzene rings is 2. The molecule has 0 amide bonds. The molecule has 0 bridgehead atoms. The zero-order valence-electron chi connectivity index (χ0n) is 11.7. The third-order valence-electron chi connectivity index (χ3n) is 3.57. The Morgan fingerprint density at radius 1 is 1.19 bits per heavy atom. The Hall–Kier alpha value is -2.62. The van der Waals surface area contributed by atoms with E-state index in [2.05, 4.69) is 4.98 Å². The average Bonchev–Trinajstić information content (AvgIpc) is 2.92. The molecule has 0 radical (unpaired) electrons. The third-order valence-corrected chi connectivity index (χ3v) is 3.57. The van der Waals surface area contributed by atoms with E-state index in [0.717, 1.165) is 10.9 Å². The number of fused-ring (bicyclic) bond motifs is 1. The van der Waals surface area contributed by atoms with Crippen LogP contribution in [-0.4, -0.2) is 17.9 Å². The topological polar surface area (TPSA) is 42.1 Å². The molecule has 3 aromatic rings. The van der Waals surface area contributed by atoms with Crippen LogP contribution >= 0.6 is 0 Å². The minimum absolute atomic E-state index is 0.0821. The van der Waals surface area contributed by atoms with Crippen LogP contribution in [0.1, 0.15) is 21.5 Å². The predicted molar refractivity (Wildman–Crippen MR) is 79.4 cm³/mol. The summed E-state index contributed by atoms with van der Waals surface area (Å²) in [4.78, 5) is 15.6. The second kappa shape index (κ2) is 5.05. The standard InChI is InChI=1S/C17H14FNO2/c1-10-4-3-5-12(16(10)18)17(20)14-9-19-15-7-6-11(21-2)8-13(14)15/h3-9,19H,1-2H3. The molecule has 0 aliphatic rings. The zero-order valence-corrected chi connectivity index (χ0v) is 11.7. The number of hydrogen-bond donors (Lipinski definition) is 1. The first-order valence-electron chi connectivity index (χ1n) is 6.56. The van der Waals surface area contributed by atoms with E-state index >= 15 is 0 Å². The van der Waals surface area contributed by atoms with E-state index in [4.69, 9.17) is 4.74 Å². The fourth-order valence-corrected chi connectivity index (χ4v) is 2.38. The number of rotatable bonds is 3. The number of ether oxygens (including phenoxy) is 1. The van der Waals surface area contributed by atoms with Crippen LogP contribution in [0.15, 0.2) is 42.6 Å². The van der Waals surface area contributed by atoms with Gasteiger partial charge in [-0.2, -0.15) is 0 Å². The molecule has 0 aliphatic heterocycles. The van der Waals surface area contributed by atoms with Gasteiger partial charge in [0, 0.05) is 22.7 Å². The summed E-state index contributed by atoms with van der Waals surface area (Å²) >= 11 is 0. The van der Waals surface area contributed by atoms with Gasteiger partial charge >= 0.3 is 0 Å². The second-order valence-electron chi connectivity index (χ2n) is 4.88. The molecule has 1 N–H and O–H groups in total. The molecule has 21 heavy (non-hydrogen) atoms. The third kappa shape index (κ3) is 2.18. The van der Waals surface area contributed by atoms with E-state index < -0.39 is 5.82 Å². The maximum Gasteiger partial charge on any atom is 0.198 e. The van der Waals surface area contributed by atoms with Gasteiger partial charge in [0.15, 0.2) is 5.78 Å². The summed E-state index contributed by atoms with van der Waals surface area (Å²) in [6, 6.07) is 10.2. The molecular formula is C17H14FNO2. The van der Waals surface area contributed by atoms with Gasteiger partial charge in [-0.15, -0.1) is 0 Å². The fraction of sp³-hybridized carbons (Fsp3) is 0.118. The lowest BCUT2D eigenvalue weighted by molar-refractivity contribution is 0.103. The molecule has 1 aromatic heterocycles. The van der Waals surface area contributed by atoms with Crippen LogP contribution in [0.25, 0.3) is 10.9 Å². The van der Waals surface area contributed by atoms with Crippen molar-refractivity contribution in [3.63, 3.8) is 0 Å². The summed E-state index contributed by atoms with van der Waals surface area (Å²) < 4.78 is 19.3. The maximum absolute atomic E-state index is 14.1. The normalized spacial score (nSPS) is 10.8. The molecule has 0 saturated heterocycles. The highest BCUT2D eigenvalue weighted by Gasteiger charge is 2.18. The van der Waals surface area contributed by atoms with Gasteiger partial charge in [0.25, 0.3) is 0 Å². The maximum atomic E-state index is 14.1. The number of carbonyl (C=O) groups excluding carboxylic acids is 1. The minimum Gasteiger partial charge on any atom is -0.497 e. The monoisotopic (exact) mass is 283 g/mol. The van der Waals surface area contributed by atoms with Gasteiger partial charge in [0.2, 0.25) is 0 Å². The molecule has 0 unspecified atom stereocenters. The predicted octanol–water partition coefficient (Wildman–Crippen LogP) is 3.86. The number of nitrogens with one attached hydrogen (secondary N) is 1. The largest absolute Gasteiger partial charge is 0.497 e. The van der Waals surface area contributed by atoms with Crippen LogP contribution < -0.4 is 4.74 Å². The molecule has 0 saturated carbocycles. The first-order chi connectivity index (χ1) is 10.1. The van der Waals surface area contributed by atoms with Crippen molar-refractivity contribution in [2.45, 2.75) is 6.92 Å². The number of H-pyrrole nitrogens is 1. The summed E-state index contributed by atoms with van der Waals surface area (Å²) in [5, 5.41) is 0.722. The van der Waals surface area contributed by atoms with Crippen LogP contribution in [-0.2, 0) is 0 Å². The Labute approximate surface area is 121 Å². The molecule has 4 heteroatoms. The number of carbonyl (C=O) groups is 1. The molecule has 1 heterocycles. The molecule has 0 spiro atoms. The van der Waals surface area contributed by atoms with E-state index in [1.165, 1.54) is 6.07 Å². The van der Waals surface area contributed by atoms with Crippen LogP contribution in [0.3, 0.4) is 0 Å². The molecule has 0 aliphatic carbocycles.